The molecule has 0 heterocycles. The molecule has 1 saturated carbocycles. The van der Waals surface area contributed by atoms with E-state index in [2.05, 4.69) is 12.2 Å². The molecule has 1 aliphatic carbocycles. The van der Waals surface area contributed by atoms with Crippen LogP contribution >= 0.6 is 0 Å². The molecule has 0 amide bonds. The molecular weight excluding hydrogens is 217 g/mol. The summed E-state index contributed by atoms with van der Waals surface area (Å²) in [6, 6.07) is 0.203. The van der Waals surface area contributed by atoms with Gasteiger partial charge in [-0.2, -0.15) is 0 Å². The van der Waals surface area contributed by atoms with Gasteiger partial charge in [0.1, 0.15) is 0 Å². The highest BCUT2D eigenvalue weighted by Crippen LogP contribution is 2.45. The third kappa shape index (κ3) is 3.22. The first-order valence-electron chi connectivity index (χ1n) is 6.55. The number of hydrogen-bond donors (Lipinski definition) is 2. The normalized spacial score (nSPS) is 32.5. The number of carbonyl (C=O) groups is 1. The van der Waals surface area contributed by atoms with Gasteiger partial charge in [-0.3, -0.25) is 4.79 Å². The van der Waals surface area contributed by atoms with Crippen LogP contribution in [-0.2, 0) is 9.53 Å². The molecule has 1 rings (SSSR count). The number of carbonyl (C=O) groups excluding carboxylic acids is 1. The largest absolute Gasteiger partial charge is 0.466 e. The number of rotatable bonds is 5. The van der Waals surface area contributed by atoms with Gasteiger partial charge in [-0.15, -0.1) is 0 Å². The minimum atomic E-state index is -0.526. The molecule has 0 unspecified atom stereocenters. The Hall–Kier alpha value is -0.545. The monoisotopic (exact) mass is 241 g/mol. The zero-order chi connectivity index (χ0) is 13.1. The summed E-state index contributed by atoms with van der Waals surface area (Å²) in [7, 11) is -0.526. The molecule has 2 N–H and O–H groups in total. The lowest BCUT2D eigenvalue weighted by Crippen LogP contribution is -2.40. The highest BCUT2D eigenvalue weighted by atomic mass is 16.5. The average molecular weight is 241 g/mol. The van der Waals surface area contributed by atoms with E-state index in [-0.39, 0.29) is 12.0 Å². The second kappa shape index (κ2) is 5.87. The van der Waals surface area contributed by atoms with Crippen molar-refractivity contribution in [1.29, 1.82) is 0 Å². The van der Waals surface area contributed by atoms with Gasteiger partial charge in [-0.1, -0.05) is 13.3 Å². The molecule has 0 aliphatic heterocycles. The molecular formula is C12H24BNO3. The Morgan fingerprint density at radius 3 is 2.71 bits per heavy atom. The number of esters is 1. The summed E-state index contributed by atoms with van der Waals surface area (Å²) in [5, 5.41) is 12.5. The van der Waals surface area contributed by atoms with E-state index in [0.29, 0.717) is 12.5 Å². The summed E-state index contributed by atoms with van der Waals surface area (Å²) in [6.45, 7) is 8.07. The fourth-order valence-electron chi connectivity index (χ4n) is 3.00. The summed E-state index contributed by atoms with van der Waals surface area (Å²) in [6.07, 6.45) is 2.64. The van der Waals surface area contributed by atoms with Gasteiger partial charge in [0.15, 0.2) is 0 Å². The van der Waals surface area contributed by atoms with Crippen molar-refractivity contribution in [1.82, 2.24) is 5.23 Å². The van der Waals surface area contributed by atoms with E-state index in [9.17, 15) is 9.82 Å². The molecule has 0 aromatic rings. The van der Waals surface area contributed by atoms with Crippen LogP contribution in [0.2, 0.25) is 6.82 Å². The van der Waals surface area contributed by atoms with Gasteiger partial charge >= 0.3 is 13.0 Å². The maximum absolute atomic E-state index is 12.1. The lowest BCUT2D eigenvalue weighted by molar-refractivity contribution is -0.156. The number of ether oxygens (including phenoxy) is 1. The van der Waals surface area contributed by atoms with Crippen molar-refractivity contribution in [3.63, 3.8) is 0 Å². The smallest absolute Gasteiger partial charge is 0.373 e. The third-order valence-electron chi connectivity index (χ3n) is 3.85. The Morgan fingerprint density at radius 2 is 2.24 bits per heavy atom. The van der Waals surface area contributed by atoms with E-state index in [0.717, 1.165) is 19.3 Å². The summed E-state index contributed by atoms with van der Waals surface area (Å²) in [4.78, 5) is 12.1. The van der Waals surface area contributed by atoms with Crippen LogP contribution in [0.4, 0.5) is 0 Å². The lowest BCUT2D eigenvalue weighted by atomic mass is 9.78. The molecule has 1 fully saturated rings. The highest BCUT2D eigenvalue weighted by molar-refractivity contribution is 6.45. The van der Waals surface area contributed by atoms with E-state index < -0.39 is 12.5 Å². The molecule has 0 aromatic carbocycles. The molecule has 1 aliphatic rings. The molecule has 0 radical (unpaired) electrons. The fraction of sp³-hybridized carbons (Fsp3) is 0.917. The molecule has 0 spiro atoms. The second-order valence-corrected chi connectivity index (χ2v) is 5.22. The van der Waals surface area contributed by atoms with Gasteiger partial charge in [-0.05, 0) is 45.5 Å². The van der Waals surface area contributed by atoms with E-state index in [1.54, 1.807) is 6.82 Å². The molecule has 3 atom stereocenters. The molecule has 98 valence electrons. The van der Waals surface area contributed by atoms with Crippen molar-refractivity contribution in [3.8, 4) is 0 Å². The topological polar surface area (TPSA) is 58.6 Å². The van der Waals surface area contributed by atoms with Gasteiger partial charge in [-0.25, -0.2) is 0 Å². The van der Waals surface area contributed by atoms with Gasteiger partial charge in [0.2, 0.25) is 0 Å². The van der Waals surface area contributed by atoms with E-state index >= 15 is 0 Å². The zero-order valence-corrected chi connectivity index (χ0v) is 11.3. The first-order chi connectivity index (χ1) is 7.93. The Kier molecular flexibility index (Phi) is 5.01. The minimum absolute atomic E-state index is 0.0956. The fourth-order valence-corrected chi connectivity index (χ4v) is 3.00. The van der Waals surface area contributed by atoms with Crippen molar-refractivity contribution in [3.05, 3.63) is 0 Å². The molecule has 0 saturated heterocycles. The zero-order valence-electron chi connectivity index (χ0n) is 11.3. The van der Waals surface area contributed by atoms with Crippen molar-refractivity contribution in [2.75, 3.05) is 6.61 Å². The van der Waals surface area contributed by atoms with Crippen LogP contribution in [0.1, 0.15) is 40.0 Å². The predicted octanol–water partition coefficient (Wildman–Crippen LogP) is 1.44. The Labute approximate surface area is 104 Å². The summed E-state index contributed by atoms with van der Waals surface area (Å²) in [5.74, 6) is 0.236. The average Bonchev–Trinajstić information content (AvgIpc) is 2.55. The van der Waals surface area contributed by atoms with E-state index in [1.165, 1.54) is 0 Å². The highest BCUT2D eigenvalue weighted by Gasteiger charge is 2.49. The first kappa shape index (κ1) is 14.5. The third-order valence-corrected chi connectivity index (χ3v) is 3.85. The van der Waals surface area contributed by atoms with Crippen LogP contribution in [0.5, 0.6) is 0 Å². The summed E-state index contributed by atoms with van der Waals surface area (Å²) < 4.78 is 5.18. The number of hydrogen-bond acceptors (Lipinski definition) is 4. The maximum Gasteiger partial charge on any atom is 0.373 e. The van der Waals surface area contributed by atoms with Crippen molar-refractivity contribution in [2.24, 2.45) is 11.3 Å². The molecule has 0 bridgehead atoms. The van der Waals surface area contributed by atoms with E-state index in [4.69, 9.17) is 4.74 Å². The Morgan fingerprint density at radius 1 is 1.59 bits per heavy atom. The van der Waals surface area contributed by atoms with Crippen LogP contribution in [-0.4, -0.2) is 30.7 Å². The van der Waals surface area contributed by atoms with Crippen LogP contribution in [0.3, 0.4) is 0 Å². The van der Waals surface area contributed by atoms with Crippen LogP contribution in [0.25, 0.3) is 0 Å². The standard InChI is InChI=1S/C12H24BNO3/c1-5-9-7-10(14-13(4)16)8-12(9,3)11(15)17-6-2/h9-10,14,16H,5-8H2,1-4H3/t9-,10+,12-/m1/s1. The minimum Gasteiger partial charge on any atom is -0.466 e. The van der Waals surface area contributed by atoms with Crippen LogP contribution in [0.15, 0.2) is 0 Å². The van der Waals surface area contributed by atoms with Crippen molar-refractivity contribution < 1.29 is 14.6 Å². The number of nitrogens with one attached hydrogen (secondary N) is 1. The molecule has 5 heteroatoms. The second-order valence-electron chi connectivity index (χ2n) is 5.22. The van der Waals surface area contributed by atoms with Gasteiger partial charge in [0, 0.05) is 0 Å². The Bertz CT molecular complexity index is 272. The van der Waals surface area contributed by atoms with Gasteiger partial charge in [0.05, 0.1) is 12.0 Å². The van der Waals surface area contributed by atoms with Crippen molar-refractivity contribution >= 4 is 13.0 Å². The quantitative estimate of drug-likeness (QED) is 0.565. The summed E-state index contributed by atoms with van der Waals surface area (Å²) in [5.41, 5.74) is -0.405. The lowest BCUT2D eigenvalue weighted by Gasteiger charge is -2.28. The molecule has 4 nitrogen and oxygen atoms in total. The van der Waals surface area contributed by atoms with Gasteiger partial charge < -0.3 is 15.0 Å². The molecule has 0 aromatic heterocycles. The first-order valence-corrected chi connectivity index (χ1v) is 6.55. The Balaban J connectivity index is 2.73. The maximum atomic E-state index is 12.1. The predicted molar refractivity (Wildman–Crippen MR) is 68.5 cm³/mol. The SMILES string of the molecule is CCOC(=O)[C@]1(C)C[C@@H](NB(C)O)C[C@H]1CC. The van der Waals surface area contributed by atoms with Crippen molar-refractivity contribution in [2.45, 2.75) is 52.9 Å². The van der Waals surface area contributed by atoms with Gasteiger partial charge in [0.25, 0.3) is 0 Å². The van der Waals surface area contributed by atoms with Crippen LogP contribution < -0.4 is 5.23 Å². The van der Waals surface area contributed by atoms with Crippen LogP contribution in [0, 0.1) is 11.3 Å². The molecule has 17 heavy (non-hydrogen) atoms. The van der Waals surface area contributed by atoms with E-state index in [1.807, 2.05) is 13.8 Å². The summed E-state index contributed by atoms with van der Waals surface area (Å²) >= 11 is 0.